The summed E-state index contributed by atoms with van der Waals surface area (Å²) in [6, 6.07) is 49.8. The van der Waals surface area contributed by atoms with Crippen LogP contribution in [0.2, 0.25) is 0 Å². The monoisotopic (exact) mass is 974 g/mol. The van der Waals surface area contributed by atoms with Crippen molar-refractivity contribution in [2.75, 3.05) is 99.1 Å². The maximum absolute atomic E-state index is 12.2. The molecule has 0 heterocycles. The normalized spacial score (nSPS) is 11.8. The molecule has 0 fully saturated rings. The Bertz CT molecular complexity index is 2360. The van der Waals surface area contributed by atoms with Crippen molar-refractivity contribution in [3.05, 3.63) is 196 Å². The smallest absolute Gasteiger partial charge is 0.297 e. The largest absolute Gasteiger partial charge is 0.491 e. The van der Waals surface area contributed by atoms with Crippen LogP contribution in [-0.4, -0.2) is 108 Å². The number of hydrogen-bond donors (Lipinski definition) is 0. The lowest BCUT2D eigenvalue weighted by atomic mass is 9.65. The maximum atomic E-state index is 12.2. The molecule has 0 spiro atoms. The number of benzene rings is 6. The van der Waals surface area contributed by atoms with Crippen LogP contribution in [0.1, 0.15) is 56.5 Å². The number of aryl methyl sites for hydroxylation is 5. The topological polar surface area (TPSA) is 117 Å². The van der Waals surface area contributed by atoms with E-state index in [4.69, 9.17) is 42.1 Å². The summed E-state index contributed by atoms with van der Waals surface area (Å²) in [5, 5.41) is 0. The third kappa shape index (κ3) is 17.2. The molecule has 0 N–H and O–H groups in total. The van der Waals surface area contributed by atoms with Crippen LogP contribution in [0.15, 0.2) is 150 Å². The van der Waals surface area contributed by atoms with Crippen molar-refractivity contribution in [2.24, 2.45) is 0 Å². The third-order valence-corrected chi connectivity index (χ3v) is 13.0. The van der Waals surface area contributed by atoms with Crippen LogP contribution < -0.4 is 9.47 Å². The molecule has 0 aliphatic rings. The molecule has 0 aliphatic carbocycles. The number of hydrogen-bond acceptors (Lipinski definition) is 11. The molecule has 0 unspecified atom stereocenters. The van der Waals surface area contributed by atoms with Gasteiger partial charge in [0.15, 0.2) is 0 Å². The van der Waals surface area contributed by atoms with Gasteiger partial charge in [0.25, 0.3) is 10.1 Å². The molecule has 0 radical (unpaired) electrons. The molecular weight excluding hydrogens is 905 g/mol. The predicted molar refractivity (Wildman–Crippen MR) is 274 cm³/mol. The second kappa shape index (κ2) is 29.1. The average molecular weight is 975 g/mol. The summed E-state index contributed by atoms with van der Waals surface area (Å²) in [6.45, 7) is 14.4. The van der Waals surface area contributed by atoms with Gasteiger partial charge in [0.1, 0.15) is 24.7 Å². The summed E-state index contributed by atoms with van der Waals surface area (Å²) in [5.74, 6) is 1.60. The van der Waals surface area contributed by atoms with E-state index < -0.39 is 15.5 Å². The molecule has 11 nitrogen and oxygen atoms in total. The van der Waals surface area contributed by atoms with Gasteiger partial charge in [-0.2, -0.15) is 8.42 Å². The fraction of sp³-hybridized carbons (Fsp3) is 0.379. The van der Waals surface area contributed by atoms with E-state index in [1.807, 2.05) is 19.1 Å². The van der Waals surface area contributed by atoms with E-state index in [1.54, 1.807) is 12.1 Å². The van der Waals surface area contributed by atoms with Crippen LogP contribution in [-0.2, 0) is 54.6 Å². The quantitative estimate of drug-likeness (QED) is 0.0223. The summed E-state index contributed by atoms with van der Waals surface area (Å²) < 4.78 is 75.0. The molecule has 0 saturated carbocycles. The van der Waals surface area contributed by atoms with Crippen molar-refractivity contribution in [3.63, 3.8) is 0 Å². The minimum absolute atomic E-state index is 0.0586. The molecule has 70 heavy (non-hydrogen) atoms. The standard InChI is InChI=1S/C58H70O11S/c1-46-7-17-51(18-8-46)58(52-19-9-47(2)10-20-52,53-21-11-48(3)12-22-53)54-23-27-56(28-24-54)68-44-41-65-38-37-64-40-43-67-55-25-15-50(16-26-55)6-5-31-61-32-33-62-34-35-63-36-39-66-42-45-69-70(59,60)57-29-13-49(4)14-30-57/h7-30H,5-6,31-45H2,1-4H3. The molecule has 12 heteroatoms. The molecule has 6 rings (SSSR count). The van der Waals surface area contributed by atoms with Gasteiger partial charge in [-0.15, -0.1) is 0 Å². The van der Waals surface area contributed by atoms with Crippen LogP contribution in [0.4, 0.5) is 0 Å². The van der Waals surface area contributed by atoms with Crippen LogP contribution in [0.3, 0.4) is 0 Å². The van der Waals surface area contributed by atoms with Crippen molar-refractivity contribution in [2.45, 2.75) is 50.8 Å². The molecular formula is C58H70O11S. The number of rotatable bonds is 33. The Kier molecular flexibility index (Phi) is 22.4. The lowest BCUT2D eigenvalue weighted by Gasteiger charge is -2.37. The van der Waals surface area contributed by atoms with Crippen molar-refractivity contribution < 1.29 is 50.5 Å². The van der Waals surface area contributed by atoms with Crippen LogP contribution in [0.25, 0.3) is 0 Å². The molecule has 0 bridgehead atoms. The summed E-state index contributed by atoms with van der Waals surface area (Å²) >= 11 is 0. The van der Waals surface area contributed by atoms with E-state index in [0.29, 0.717) is 85.9 Å². The second-order valence-corrected chi connectivity index (χ2v) is 18.7. The Morgan fingerprint density at radius 3 is 1.03 bits per heavy atom. The van der Waals surface area contributed by atoms with Crippen LogP contribution >= 0.6 is 0 Å². The molecule has 0 saturated heterocycles. The Hall–Kier alpha value is -5.41. The van der Waals surface area contributed by atoms with E-state index in [0.717, 1.165) is 29.9 Å². The van der Waals surface area contributed by atoms with E-state index in [9.17, 15) is 8.42 Å². The maximum Gasteiger partial charge on any atom is 0.297 e. The van der Waals surface area contributed by atoms with Crippen LogP contribution in [0, 0.1) is 27.7 Å². The lowest BCUT2D eigenvalue weighted by Crippen LogP contribution is -2.31. The van der Waals surface area contributed by atoms with Crippen molar-refractivity contribution in [1.82, 2.24) is 0 Å². The minimum atomic E-state index is -3.78. The Morgan fingerprint density at radius 1 is 0.343 bits per heavy atom. The van der Waals surface area contributed by atoms with Gasteiger partial charge >= 0.3 is 0 Å². The van der Waals surface area contributed by atoms with Gasteiger partial charge in [0.05, 0.1) is 89.6 Å². The molecule has 6 aromatic carbocycles. The van der Waals surface area contributed by atoms with Crippen molar-refractivity contribution in [3.8, 4) is 11.5 Å². The van der Waals surface area contributed by atoms with Crippen molar-refractivity contribution in [1.29, 1.82) is 0 Å². The van der Waals surface area contributed by atoms with Crippen LogP contribution in [0.5, 0.6) is 11.5 Å². The highest BCUT2D eigenvalue weighted by molar-refractivity contribution is 7.86. The van der Waals surface area contributed by atoms with E-state index in [1.165, 1.54) is 56.6 Å². The summed E-state index contributed by atoms with van der Waals surface area (Å²) in [6.07, 6.45) is 1.81. The average Bonchev–Trinajstić information content (AvgIpc) is 3.37. The third-order valence-electron chi connectivity index (χ3n) is 11.7. The van der Waals surface area contributed by atoms with E-state index in [-0.39, 0.29) is 18.1 Å². The predicted octanol–water partition coefficient (Wildman–Crippen LogP) is 10.2. The fourth-order valence-electron chi connectivity index (χ4n) is 7.84. The first-order valence-electron chi connectivity index (χ1n) is 24.2. The minimum Gasteiger partial charge on any atom is -0.491 e. The SMILES string of the molecule is Cc1ccc(C(c2ccc(C)cc2)(c2ccc(C)cc2)c2ccc(OCCOCCOCCOc3ccc(CCCOCCOCCOCCOCCOS(=O)(=O)c4ccc(C)cc4)cc3)cc2)cc1. The molecule has 374 valence electrons. The molecule has 0 aliphatic heterocycles. The zero-order valence-corrected chi connectivity index (χ0v) is 42.1. The zero-order valence-electron chi connectivity index (χ0n) is 41.3. The second-order valence-electron chi connectivity index (χ2n) is 17.1. The number of ether oxygens (including phenoxy) is 8. The molecule has 0 atom stereocenters. The fourth-order valence-corrected chi connectivity index (χ4v) is 8.73. The molecule has 6 aromatic rings. The molecule has 0 amide bonds. The van der Waals surface area contributed by atoms with Gasteiger partial charge in [-0.3, -0.25) is 4.18 Å². The highest BCUT2D eigenvalue weighted by Gasteiger charge is 2.38. The van der Waals surface area contributed by atoms with E-state index in [2.05, 4.69) is 130 Å². The zero-order chi connectivity index (χ0) is 49.3. The molecule has 0 aromatic heterocycles. The highest BCUT2D eigenvalue weighted by atomic mass is 32.2. The first-order valence-corrected chi connectivity index (χ1v) is 25.6. The first-order chi connectivity index (χ1) is 34.1. The van der Waals surface area contributed by atoms with Gasteiger partial charge in [-0.05, 0) is 105 Å². The first kappa shape index (κ1) is 53.9. The van der Waals surface area contributed by atoms with Gasteiger partial charge in [0, 0.05) is 6.61 Å². The highest BCUT2D eigenvalue weighted by Crippen LogP contribution is 2.45. The summed E-state index contributed by atoms with van der Waals surface area (Å²) in [5.41, 5.74) is 10.2. The Morgan fingerprint density at radius 2 is 0.643 bits per heavy atom. The van der Waals surface area contributed by atoms with Gasteiger partial charge in [0.2, 0.25) is 0 Å². The van der Waals surface area contributed by atoms with Gasteiger partial charge in [-0.1, -0.05) is 131 Å². The Labute approximate surface area is 416 Å². The van der Waals surface area contributed by atoms with E-state index >= 15 is 0 Å². The van der Waals surface area contributed by atoms with Crippen molar-refractivity contribution >= 4 is 10.1 Å². The lowest BCUT2D eigenvalue weighted by molar-refractivity contribution is -0.00454. The summed E-state index contributed by atoms with van der Waals surface area (Å²) in [4.78, 5) is 0.131. The van der Waals surface area contributed by atoms with Gasteiger partial charge in [-0.25, -0.2) is 0 Å². The summed E-state index contributed by atoms with van der Waals surface area (Å²) in [7, 11) is -3.78. The Balaban J connectivity index is 0.759. The van der Waals surface area contributed by atoms with Gasteiger partial charge < -0.3 is 37.9 Å².